The average molecular weight is 215 g/mol. The Labute approximate surface area is 91.8 Å². The van der Waals surface area contributed by atoms with Gasteiger partial charge in [0.1, 0.15) is 6.17 Å². The van der Waals surface area contributed by atoms with Gasteiger partial charge in [-0.2, -0.15) is 0 Å². The number of nitrogens with zero attached hydrogens (tertiary/aromatic N) is 1. The summed E-state index contributed by atoms with van der Waals surface area (Å²) in [5.41, 5.74) is 0. The molecule has 1 heterocycles. The zero-order chi connectivity index (χ0) is 10.8. The van der Waals surface area contributed by atoms with E-state index in [1.54, 1.807) is 0 Å². The fourth-order valence-corrected chi connectivity index (χ4v) is 2.68. The number of ether oxygens (including phenoxy) is 1. The Morgan fingerprint density at radius 1 is 1.13 bits per heavy atom. The van der Waals surface area contributed by atoms with Gasteiger partial charge >= 0.3 is 0 Å². The van der Waals surface area contributed by atoms with Gasteiger partial charge in [-0.15, -0.1) is 0 Å². The lowest BCUT2D eigenvalue weighted by molar-refractivity contribution is -0.0450. The average Bonchev–Trinajstić information content (AvgIpc) is 2.14. The molecule has 2 fully saturated rings. The van der Waals surface area contributed by atoms with Gasteiger partial charge in [0.25, 0.3) is 0 Å². The van der Waals surface area contributed by atoms with E-state index in [0.29, 0.717) is 31.3 Å². The van der Waals surface area contributed by atoms with Crippen molar-refractivity contribution in [2.24, 2.45) is 0 Å². The molecule has 0 aromatic carbocycles. The largest absolute Gasteiger partial charge is 0.376 e. The van der Waals surface area contributed by atoms with Crippen LogP contribution in [0, 0.1) is 0 Å². The highest BCUT2D eigenvalue weighted by molar-refractivity contribution is 4.88. The molecule has 0 radical (unpaired) electrons. The summed E-state index contributed by atoms with van der Waals surface area (Å²) in [6.07, 6.45) is 4.89. The van der Waals surface area contributed by atoms with Crippen molar-refractivity contribution in [3.8, 4) is 0 Å². The molecule has 1 saturated heterocycles. The minimum atomic E-state index is -0.561. The van der Waals surface area contributed by atoms with Crippen LogP contribution < -0.4 is 0 Å². The van der Waals surface area contributed by atoms with Crippen LogP contribution in [-0.4, -0.2) is 42.4 Å². The van der Waals surface area contributed by atoms with E-state index in [-0.39, 0.29) is 0 Å². The minimum Gasteiger partial charge on any atom is -0.376 e. The van der Waals surface area contributed by atoms with Crippen LogP contribution in [0.1, 0.15) is 39.5 Å². The summed E-state index contributed by atoms with van der Waals surface area (Å²) >= 11 is 0. The maximum atomic E-state index is 12.7. The number of halogens is 1. The summed E-state index contributed by atoms with van der Waals surface area (Å²) in [6.45, 7) is 5.52. The number of rotatable bonds is 3. The lowest BCUT2D eigenvalue weighted by Gasteiger charge is -2.43. The van der Waals surface area contributed by atoms with Crippen molar-refractivity contribution < 1.29 is 9.13 Å². The smallest absolute Gasteiger partial charge is 0.125 e. The molecule has 15 heavy (non-hydrogen) atoms. The Morgan fingerprint density at radius 3 is 2.20 bits per heavy atom. The van der Waals surface area contributed by atoms with Crippen molar-refractivity contribution >= 4 is 0 Å². The van der Waals surface area contributed by atoms with Gasteiger partial charge in [0.2, 0.25) is 0 Å². The number of hydrogen-bond acceptors (Lipinski definition) is 2. The first-order valence-corrected chi connectivity index (χ1v) is 6.18. The summed E-state index contributed by atoms with van der Waals surface area (Å²) in [7, 11) is 0. The molecule has 0 atom stereocenters. The van der Waals surface area contributed by atoms with E-state index in [0.717, 1.165) is 12.8 Å². The lowest BCUT2D eigenvalue weighted by atomic mass is 9.90. The highest BCUT2D eigenvalue weighted by Gasteiger charge is 2.34. The molecule has 1 aliphatic carbocycles. The monoisotopic (exact) mass is 215 g/mol. The highest BCUT2D eigenvalue weighted by Crippen LogP contribution is 2.29. The summed E-state index contributed by atoms with van der Waals surface area (Å²) in [5, 5.41) is 0. The van der Waals surface area contributed by atoms with Gasteiger partial charge in [-0.1, -0.05) is 0 Å². The minimum absolute atomic E-state index is 0.339. The van der Waals surface area contributed by atoms with Gasteiger partial charge in [-0.3, -0.25) is 4.90 Å². The molecule has 0 unspecified atom stereocenters. The molecule has 0 spiro atoms. The maximum absolute atomic E-state index is 12.7. The van der Waals surface area contributed by atoms with Crippen molar-refractivity contribution in [2.45, 2.75) is 64.0 Å². The van der Waals surface area contributed by atoms with Crippen LogP contribution in [0.2, 0.25) is 0 Å². The number of hydrogen-bond donors (Lipinski definition) is 0. The van der Waals surface area contributed by atoms with Crippen LogP contribution in [0.3, 0.4) is 0 Å². The first kappa shape index (κ1) is 11.3. The highest BCUT2D eigenvalue weighted by atomic mass is 19.1. The zero-order valence-corrected chi connectivity index (χ0v) is 9.79. The Morgan fingerprint density at radius 2 is 1.73 bits per heavy atom. The quantitative estimate of drug-likeness (QED) is 0.716. The molecule has 2 nitrogen and oxygen atoms in total. The second kappa shape index (κ2) is 4.79. The predicted octanol–water partition coefficient (Wildman–Crippen LogP) is 2.38. The molecule has 0 aromatic heterocycles. The van der Waals surface area contributed by atoms with E-state index in [9.17, 15) is 4.39 Å². The number of alkyl halides is 1. The number of likely N-dealkylation sites (tertiary alicyclic amines) is 1. The molecular weight excluding hydrogens is 193 g/mol. The van der Waals surface area contributed by atoms with Crippen LogP contribution in [0.5, 0.6) is 0 Å². The Balaban J connectivity index is 1.68. The standard InChI is InChI=1S/C12H22FNO/c1-9(2)15-12-5-3-11(4-6-12)14-7-10(13)8-14/h9-12H,3-8H2,1-2H3. The summed E-state index contributed by atoms with van der Waals surface area (Å²) in [6, 6.07) is 0.629. The second-order valence-corrected chi connectivity index (χ2v) is 5.17. The van der Waals surface area contributed by atoms with E-state index in [4.69, 9.17) is 4.74 Å². The van der Waals surface area contributed by atoms with E-state index in [1.807, 2.05) is 0 Å². The fourth-order valence-electron chi connectivity index (χ4n) is 2.68. The van der Waals surface area contributed by atoms with E-state index >= 15 is 0 Å². The van der Waals surface area contributed by atoms with Crippen molar-refractivity contribution in [1.29, 1.82) is 0 Å². The van der Waals surface area contributed by atoms with Crippen molar-refractivity contribution in [1.82, 2.24) is 4.90 Å². The topological polar surface area (TPSA) is 12.5 Å². The van der Waals surface area contributed by atoms with E-state index in [2.05, 4.69) is 18.7 Å². The van der Waals surface area contributed by atoms with Gasteiger partial charge in [0.15, 0.2) is 0 Å². The SMILES string of the molecule is CC(C)OC1CCC(N2CC(F)C2)CC1. The molecular formula is C12H22FNO. The summed E-state index contributed by atoms with van der Waals surface area (Å²) in [5.74, 6) is 0. The van der Waals surface area contributed by atoms with Gasteiger partial charge in [-0.25, -0.2) is 4.39 Å². The van der Waals surface area contributed by atoms with Gasteiger partial charge in [0.05, 0.1) is 12.2 Å². The molecule has 1 aliphatic heterocycles. The van der Waals surface area contributed by atoms with E-state index < -0.39 is 6.17 Å². The third-order valence-corrected chi connectivity index (χ3v) is 3.49. The third-order valence-electron chi connectivity index (χ3n) is 3.49. The molecule has 88 valence electrons. The Kier molecular flexibility index (Phi) is 3.62. The molecule has 1 saturated carbocycles. The molecule has 0 bridgehead atoms. The molecule has 0 N–H and O–H groups in total. The first-order valence-electron chi connectivity index (χ1n) is 6.18. The molecule has 2 rings (SSSR count). The summed E-state index contributed by atoms with van der Waals surface area (Å²) < 4.78 is 18.5. The van der Waals surface area contributed by atoms with Crippen LogP contribution in [0.25, 0.3) is 0 Å². The van der Waals surface area contributed by atoms with Crippen LogP contribution in [0.15, 0.2) is 0 Å². The molecule has 0 aromatic rings. The normalized spacial score (nSPS) is 34.4. The Hall–Kier alpha value is -0.150. The maximum Gasteiger partial charge on any atom is 0.125 e. The molecule has 0 amide bonds. The third kappa shape index (κ3) is 2.91. The van der Waals surface area contributed by atoms with Gasteiger partial charge in [-0.05, 0) is 39.5 Å². The molecule has 2 aliphatic rings. The van der Waals surface area contributed by atoms with Crippen LogP contribution in [-0.2, 0) is 4.74 Å². The first-order chi connectivity index (χ1) is 7.15. The fraction of sp³-hybridized carbons (Fsp3) is 1.00. The predicted molar refractivity (Wildman–Crippen MR) is 58.7 cm³/mol. The van der Waals surface area contributed by atoms with Gasteiger partial charge in [0, 0.05) is 19.1 Å². The Bertz CT molecular complexity index is 196. The zero-order valence-electron chi connectivity index (χ0n) is 9.79. The van der Waals surface area contributed by atoms with E-state index in [1.165, 1.54) is 12.8 Å². The van der Waals surface area contributed by atoms with Crippen LogP contribution >= 0.6 is 0 Å². The lowest BCUT2D eigenvalue weighted by Crippen LogP contribution is -2.54. The van der Waals surface area contributed by atoms with Crippen molar-refractivity contribution in [3.05, 3.63) is 0 Å². The van der Waals surface area contributed by atoms with Crippen LogP contribution in [0.4, 0.5) is 4.39 Å². The van der Waals surface area contributed by atoms with Gasteiger partial charge < -0.3 is 4.74 Å². The van der Waals surface area contributed by atoms with Crippen molar-refractivity contribution in [3.63, 3.8) is 0 Å². The molecule has 3 heteroatoms. The van der Waals surface area contributed by atoms with Crippen molar-refractivity contribution in [2.75, 3.05) is 13.1 Å². The second-order valence-electron chi connectivity index (χ2n) is 5.17. The summed E-state index contributed by atoms with van der Waals surface area (Å²) in [4.78, 5) is 2.29.